The van der Waals surface area contributed by atoms with Crippen molar-refractivity contribution in [2.75, 3.05) is 52.9 Å². The number of likely N-dealkylation sites (N-methyl/N-ethyl adjacent to an activating group) is 1. The molecule has 2 heterocycles. The number of piperazine rings is 1. The molecule has 3 rings (SSSR count). The summed E-state index contributed by atoms with van der Waals surface area (Å²) in [5.74, 6) is 1.14. The second-order valence-corrected chi connectivity index (χ2v) is 10.0. The summed E-state index contributed by atoms with van der Waals surface area (Å²) in [6.07, 6.45) is 2.22. The van der Waals surface area contributed by atoms with Crippen LogP contribution >= 0.6 is 0 Å². The summed E-state index contributed by atoms with van der Waals surface area (Å²) in [5.41, 5.74) is -0.778. The van der Waals surface area contributed by atoms with E-state index >= 15 is 0 Å². The topological polar surface area (TPSA) is 53.1 Å². The van der Waals surface area contributed by atoms with E-state index in [4.69, 9.17) is 4.74 Å². The Kier molecular flexibility index (Phi) is 7.06. The Balaban J connectivity index is 1.75. The predicted octanol–water partition coefficient (Wildman–Crippen LogP) is 2.88. The van der Waals surface area contributed by atoms with Gasteiger partial charge in [0.1, 0.15) is 5.75 Å². The molecular weight excluding hydrogens is 378 g/mol. The second-order valence-electron chi connectivity index (χ2n) is 10.0. The lowest BCUT2D eigenvalue weighted by Crippen LogP contribution is -2.54. The van der Waals surface area contributed by atoms with Crippen molar-refractivity contribution in [3.63, 3.8) is 0 Å². The van der Waals surface area contributed by atoms with Gasteiger partial charge in [-0.15, -0.1) is 0 Å². The molecule has 0 aromatic heterocycles. The Morgan fingerprint density at radius 2 is 1.67 bits per heavy atom. The van der Waals surface area contributed by atoms with Gasteiger partial charge in [-0.25, -0.2) is 0 Å². The maximum Gasteiger partial charge on any atom is 0.227 e. The first-order valence-corrected chi connectivity index (χ1v) is 11.1. The lowest BCUT2D eigenvalue weighted by Gasteiger charge is -2.45. The molecule has 1 aromatic carbocycles. The van der Waals surface area contributed by atoms with E-state index in [2.05, 4.69) is 11.9 Å². The Morgan fingerprint density at radius 1 is 1.00 bits per heavy atom. The van der Waals surface area contributed by atoms with Crippen LogP contribution in [0.3, 0.4) is 0 Å². The van der Waals surface area contributed by atoms with Gasteiger partial charge < -0.3 is 19.4 Å². The van der Waals surface area contributed by atoms with Gasteiger partial charge in [-0.3, -0.25) is 9.59 Å². The zero-order valence-corrected chi connectivity index (χ0v) is 19.0. The Morgan fingerprint density at radius 3 is 2.30 bits per heavy atom. The molecule has 0 saturated carbocycles. The number of piperidine rings is 1. The van der Waals surface area contributed by atoms with Gasteiger partial charge in [-0.2, -0.15) is 0 Å². The molecule has 0 N–H and O–H groups in total. The molecule has 1 aromatic rings. The number of para-hydroxylation sites is 1. The van der Waals surface area contributed by atoms with Gasteiger partial charge in [0.2, 0.25) is 11.8 Å². The maximum atomic E-state index is 13.2. The number of hydrogen-bond donors (Lipinski definition) is 0. The Bertz CT molecular complexity index is 723. The zero-order chi connectivity index (χ0) is 21.8. The molecule has 2 fully saturated rings. The van der Waals surface area contributed by atoms with Crippen molar-refractivity contribution >= 4 is 11.8 Å². The number of carbonyl (C=O) groups excluding carboxylic acids is 2. The number of rotatable bonds is 5. The first-order valence-electron chi connectivity index (χ1n) is 11.1. The molecule has 0 aliphatic carbocycles. The fourth-order valence-electron chi connectivity index (χ4n) is 4.41. The van der Waals surface area contributed by atoms with Crippen LogP contribution in [0, 0.1) is 10.8 Å². The molecule has 30 heavy (non-hydrogen) atoms. The second kappa shape index (κ2) is 9.38. The van der Waals surface area contributed by atoms with Crippen LogP contribution in [0.5, 0.6) is 5.75 Å². The molecule has 6 heteroatoms. The fourth-order valence-corrected chi connectivity index (χ4v) is 4.41. The van der Waals surface area contributed by atoms with E-state index in [1.54, 1.807) is 0 Å². The smallest absolute Gasteiger partial charge is 0.227 e. The highest BCUT2D eigenvalue weighted by Crippen LogP contribution is 2.37. The lowest BCUT2D eigenvalue weighted by molar-refractivity contribution is -0.147. The van der Waals surface area contributed by atoms with Gasteiger partial charge in [-0.05, 0) is 32.0 Å². The highest BCUT2D eigenvalue weighted by Gasteiger charge is 2.42. The molecule has 2 amide bonds. The van der Waals surface area contributed by atoms with Crippen LogP contribution in [-0.4, -0.2) is 79.4 Å². The largest absolute Gasteiger partial charge is 0.493 e. The SMILES string of the molecule is CN1CCN(C(=O)CC2(COc3ccccc3)CCCN(C(=O)C(C)(C)C)C2)CC1. The van der Waals surface area contributed by atoms with Crippen LogP contribution in [0.1, 0.15) is 40.0 Å². The zero-order valence-electron chi connectivity index (χ0n) is 19.0. The Hall–Kier alpha value is -2.08. The van der Waals surface area contributed by atoms with Crippen LogP contribution in [0.2, 0.25) is 0 Å². The third-order valence-corrected chi connectivity index (χ3v) is 6.26. The van der Waals surface area contributed by atoms with Crippen molar-refractivity contribution in [1.82, 2.24) is 14.7 Å². The summed E-state index contributed by atoms with van der Waals surface area (Å²) in [6.45, 7) is 11.0. The minimum atomic E-state index is -0.426. The molecule has 2 aliphatic heterocycles. The molecular formula is C24H37N3O3. The number of amides is 2. The minimum absolute atomic E-state index is 0.151. The molecule has 1 unspecified atom stereocenters. The molecule has 0 bridgehead atoms. The summed E-state index contributed by atoms with van der Waals surface area (Å²) >= 11 is 0. The first-order chi connectivity index (χ1) is 14.2. The summed E-state index contributed by atoms with van der Waals surface area (Å²) < 4.78 is 6.15. The van der Waals surface area contributed by atoms with Crippen molar-refractivity contribution in [1.29, 1.82) is 0 Å². The highest BCUT2D eigenvalue weighted by molar-refractivity contribution is 5.82. The number of hydrogen-bond acceptors (Lipinski definition) is 4. The van der Waals surface area contributed by atoms with Gasteiger partial charge in [0, 0.05) is 56.5 Å². The van der Waals surface area contributed by atoms with E-state index in [0.29, 0.717) is 19.6 Å². The minimum Gasteiger partial charge on any atom is -0.493 e. The number of ether oxygens (including phenoxy) is 1. The van der Waals surface area contributed by atoms with E-state index in [1.165, 1.54) is 0 Å². The van der Waals surface area contributed by atoms with Gasteiger partial charge in [0.05, 0.1) is 6.61 Å². The van der Waals surface area contributed by atoms with Gasteiger partial charge in [0.15, 0.2) is 0 Å². The van der Waals surface area contributed by atoms with E-state index in [0.717, 1.165) is 51.3 Å². The standard InChI is InChI=1S/C24H37N3O3/c1-23(2,3)22(29)27-12-8-11-24(18-27,19-30-20-9-6-5-7-10-20)17-21(28)26-15-13-25(4)14-16-26/h5-7,9-10H,8,11-19H2,1-4H3. The van der Waals surface area contributed by atoms with Crippen molar-refractivity contribution in [2.24, 2.45) is 10.8 Å². The number of likely N-dealkylation sites (tertiary alicyclic amines) is 1. The van der Waals surface area contributed by atoms with E-state index < -0.39 is 5.41 Å². The summed E-state index contributed by atoms with van der Waals surface area (Å²) in [6, 6.07) is 9.75. The van der Waals surface area contributed by atoms with Crippen LogP contribution in [0.15, 0.2) is 30.3 Å². The van der Waals surface area contributed by atoms with E-state index in [1.807, 2.05) is 60.9 Å². The molecule has 2 saturated heterocycles. The third-order valence-electron chi connectivity index (χ3n) is 6.26. The average molecular weight is 416 g/mol. The van der Waals surface area contributed by atoms with Crippen LogP contribution < -0.4 is 4.74 Å². The summed E-state index contributed by atoms with van der Waals surface area (Å²) in [4.78, 5) is 32.4. The van der Waals surface area contributed by atoms with E-state index in [-0.39, 0.29) is 17.2 Å². The van der Waals surface area contributed by atoms with Gasteiger partial charge in [-0.1, -0.05) is 39.0 Å². The number of nitrogens with zero attached hydrogens (tertiary/aromatic N) is 3. The van der Waals surface area contributed by atoms with Crippen molar-refractivity contribution in [3.05, 3.63) is 30.3 Å². The number of carbonyl (C=O) groups is 2. The molecule has 6 nitrogen and oxygen atoms in total. The van der Waals surface area contributed by atoms with Crippen LogP contribution in [0.4, 0.5) is 0 Å². The third kappa shape index (κ3) is 5.75. The monoisotopic (exact) mass is 415 g/mol. The fraction of sp³-hybridized carbons (Fsp3) is 0.667. The molecule has 166 valence electrons. The molecule has 1 atom stereocenters. The van der Waals surface area contributed by atoms with Crippen LogP contribution in [-0.2, 0) is 9.59 Å². The predicted molar refractivity (Wildman–Crippen MR) is 118 cm³/mol. The van der Waals surface area contributed by atoms with E-state index in [9.17, 15) is 9.59 Å². The van der Waals surface area contributed by atoms with Crippen LogP contribution in [0.25, 0.3) is 0 Å². The normalized spacial score (nSPS) is 23.3. The lowest BCUT2D eigenvalue weighted by atomic mass is 9.76. The summed E-state index contributed by atoms with van der Waals surface area (Å²) in [7, 11) is 2.09. The molecule has 0 spiro atoms. The highest BCUT2D eigenvalue weighted by atomic mass is 16.5. The van der Waals surface area contributed by atoms with Crippen molar-refractivity contribution in [2.45, 2.75) is 40.0 Å². The Labute approximate surface area is 181 Å². The van der Waals surface area contributed by atoms with Gasteiger partial charge >= 0.3 is 0 Å². The van der Waals surface area contributed by atoms with Crippen molar-refractivity contribution in [3.8, 4) is 5.75 Å². The maximum absolute atomic E-state index is 13.2. The molecule has 0 radical (unpaired) electrons. The van der Waals surface area contributed by atoms with Gasteiger partial charge in [0.25, 0.3) is 0 Å². The summed E-state index contributed by atoms with van der Waals surface area (Å²) in [5, 5.41) is 0. The molecule has 2 aliphatic rings. The quantitative estimate of drug-likeness (QED) is 0.742. The average Bonchev–Trinajstić information content (AvgIpc) is 2.72. The number of benzene rings is 1. The first kappa shape index (κ1) is 22.6. The van der Waals surface area contributed by atoms with Crippen molar-refractivity contribution < 1.29 is 14.3 Å².